The average Bonchev–Trinajstić information content (AvgIpc) is 3.45. The van der Waals surface area contributed by atoms with Gasteiger partial charge in [0.15, 0.2) is 18.2 Å². The number of aliphatic hydroxyl groups is 4. The number of halogens is 1. The Bertz CT molecular complexity index is 1370. The van der Waals surface area contributed by atoms with E-state index < -0.39 is 60.8 Å². The molecule has 1 aromatic carbocycles. The number of fused-ring (bicyclic) bond motifs is 1. The van der Waals surface area contributed by atoms with E-state index in [2.05, 4.69) is 0 Å². The van der Waals surface area contributed by atoms with E-state index in [9.17, 15) is 39.9 Å². The minimum atomic E-state index is -1.86. The Morgan fingerprint density at radius 3 is 2.55 bits per heavy atom. The molecule has 2 aromatic rings. The van der Waals surface area contributed by atoms with Crippen LogP contribution >= 0.6 is 22.9 Å². The number of allylic oxidation sites excluding steroid dienone is 3. The van der Waals surface area contributed by atoms with Crippen LogP contribution in [0.1, 0.15) is 43.4 Å². The smallest absolute Gasteiger partial charge is 0.335 e. The summed E-state index contributed by atoms with van der Waals surface area (Å²) in [7, 11) is 0. The number of benzene rings is 1. The number of ether oxygens (including phenoxy) is 2. The number of hydrogen-bond donors (Lipinski definition) is 6. The Morgan fingerprint density at radius 1 is 1.09 bits per heavy atom. The zero-order chi connectivity index (χ0) is 32.0. The molecule has 2 fully saturated rings. The molecule has 0 radical (unpaired) electrons. The van der Waals surface area contributed by atoms with Gasteiger partial charge in [-0.1, -0.05) is 54.1 Å². The first kappa shape index (κ1) is 34.2. The number of thiophene rings is 1. The summed E-state index contributed by atoms with van der Waals surface area (Å²) >= 11 is 8.15. The van der Waals surface area contributed by atoms with Crippen molar-refractivity contribution < 1.29 is 54.5 Å². The van der Waals surface area contributed by atoms with Crippen LogP contribution in [0.2, 0.25) is 5.02 Å². The molecule has 0 amide bonds. The van der Waals surface area contributed by atoms with Gasteiger partial charge in [-0.25, -0.2) is 4.79 Å². The maximum absolute atomic E-state index is 12.7. The van der Waals surface area contributed by atoms with Gasteiger partial charge in [-0.05, 0) is 50.5 Å². The number of carboxylic acid groups (broad SMARTS) is 2. The van der Waals surface area contributed by atoms with Gasteiger partial charge in [-0.3, -0.25) is 9.59 Å². The molecule has 6 N–H and O–H groups in total. The second-order valence-corrected chi connectivity index (χ2v) is 12.6. The fourth-order valence-electron chi connectivity index (χ4n) is 5.54. The number of rotatable bonds is 14. The largest absolute Gasteiger partial charge is 0.481 e. The lowest BCUT2D eigenvalue weighted by atomic mass is 9.91. The van der Waals surface area contributed by atoms with Crippen LogP contribution in [0.3, 0.4) is 0 Å². The molecule has 1 aromatic heterocycles. The van der Waals surface area contributed by atoms with E-state index in [4.69, 9.17) is 26.2 Å². The Labute approximate surface area is 263 Å². The van der Waals surface area contributed by atoms with Crippen molar-refractivity contribution in [2.24, 2.45) is 11.8 Å². The van der Waals surface area contributed by atoms with E-state index in [1.807, 2.05) is 36.4 Å². The third kappa shape index (κ3) is 8.32. The van der Waals surface area contributed by atoms with E-state index in [1.165, 1.54) is 11.3 Å². The number of carbonyl (C=O) groups is 3. The van der Waals surface area contributed by atoms with Gasteiger partial charge in [0.2, 0.25) is 0 Å². The first-order valence-electron chi connectivity index (χ1n) is 14.5. The maximum atomic E-state index is 12.7. The average molecular weight is 653 g/mol. The van der Waals surface area contributed by atoms with Gasteiger partial charge in [0, 0.05) is 27.3 Å². The van der Waals surface area contributed by atoms with Crippen molar-refractivity contribution in [2.45, 2.75) is 87.9 Å². The summed E-state index contributed by atoms with van der Waals surface area (Å²) in [5.41, 5.74) is 0. The molecule has 9 atom stereocenters. The summed E-state index contributed by atoms with van der Waals surface area (Å²) < 4.78 is 12.3. The van der Waals surface area contributed by atoms with Gasteiger partial charge in [0.05, 0.1) is 11.1 Å². The Kier molecular flexibility index (Phi) is 12.1. The van der Waals surface area contributed by atoms with E-state index >= 15 is 0 Å². The molecule has 2 heterocycles. The van der Waals surface area contributed by atoms with E-state index in [0.717, 1.165) is 15.0 Å². The van der Waals surface area contributed by atoms with Crippen molar-refractivity contribution in [3.63, 3.8) is 0 Å². The predicted octanol–water partition coefficient (Wildman–Crippen LogP) is 3.09. The van der Waals surface area contributed by atoms with Crippen molar-refractivity contribution >= 4 is 50.7 Å². The number of aliphatic hydroxyl groups excluding tert-OH is 4. The Balaban J connectivity index is 1.51. The highest BCUT2D eigenvalue weighted by molar-refractivity contribution is 7.19. The standard InChI is InChI=1S/C31H37ClO11S/c32-24-19-8-5-6-9-21(19)44-22(24)14-13-17(42-31-28(39)26(37)27(38)29(43-31)30(40)41)12-11-16-15-20(33)25(36)18(16)7-3-1-2-4-10-23(34)35/h1,3,5-6,8-9,11-12,16-18,20,26-29,31,33,37-39H,2,4,7,10,13-15H2,(H,34,35)(H,40,41)/b3-1-,12-11+/t16-,17?,18+,20?,26-,27-,28+,29-,31?/m0/s1. The zero-order valence-electron chi connectivity index (χ0n) is 23.8. The number of hydrogen-bond acceptors (Lipinski definition) is 10. The number of carbonyl (C=O) groups excluding carboxylic acids is 1. The van der Waals surface area contributed by atoms with Gasteiger partial charge in [-0.15, -0.1) is 11.3 Å². The molecule has 1 aliphatic heterocycles. The van der Waals surface area contributed by atoms with Crippen molar-refractivity contribution in [3.8, 4) is 0 Å². The fraction of sp³-hybridized carbons (Fsp3) is 0.516. The SMILES string of the molecule is O=C(O)CCC/C=C\C[C@H]1C(=O)C(O)C[C@@H]1/C=C/C(CCc1sc2ccccc2c1Cl)OC1O[C@H](C(=O)O)[C@@H](O)[C@H](O)[C@H]1O. The van der Waals surface area contributed by atoms with Crippen LogP contribution in [0.4, 0.5) is 0 Å². The van der Waals surface area contributed by atoms with Gasteiger partial charge >= 0.3 is 11.9 Å². The van der Waals surface area contributed by atoms with Crippen LogP contribution in [-0.2, 0) is 30.3 Å². The summed E-state index contributed by atoms with van der Waals surface area (Å²) in [4.78, 5) is 35.9. The molecule has 0 bridgehead atoms. The van der Waals surface area contributed by atoms with Crippen LogP contribution in [0.5, 0.6) is 0 Å². The summed E-state index contributed by atoms with van der Waals surface area (Å²) in [6, 6.07) is 7.67. The lowest BCUT2D eigenvalue weighted by Gasteiger charge is -2.39. The number of carboxylic acids is 2. The van der Waals surface area contributed by atoms with E-state index in [0.29, 0.717) is 37.1 Å². The number of unbranched alkanes of at least 4 members (excludes halogenated alkanes) is 1. The molecule has 13 heteroatoms. The molecule has 1 saturated heterocycles. The third-order valence-electron chi connectivity index (χ3n) is 7.98. The topological polar surface area (TPSA) is 191 Å². The van der Waals surface area contributed by atoms with Crippen molar-refractivity contribution in [3.05, 3.63) is 58.5 Å². The van der Waals surface area contributed by atoms with Gasteiger partial charge in [0.1, 0.15) is 24.4 Å². The van der Waals surface area contributed by atoms with Crippen molar-refractivity contribution in [2.75, 3.05) is 0 Å². The normalized spacial score (nSPS) is 30.1. The zero-order valence-corrected chi connectivity index (χ0v) is 25.3. The monoisotopic (exact) mass is 652 g/mol. The van der Waals surface area contributed by atoms with Gasteiger partial charge in [0.25, 0.3) is 0 Å². The second-order valence-electron chi connectivity index (χ2n) is 11.1. The summed E-state index contributed by atoms with van der Waals surface area (Å²) in [5, 5.41) is 60.9. The minimum Gasteiger partial charge on any atom is -0.481 e. The lowest BCUT2D eigenvalue weighted by molar-refractivity contribution is -0.300. The molecular weight excluding hydrogens is 616 g/mol. The summed E-state index contributed by atoms with van der Waals surface area (Å²) in [6.45, 7) is 0. The van der Waals surface area contributed by atoms with Crippen LogP contribution in [0.15, 0.2) is 48.6 Å². The first-order chi connectivity index (χ1) is 21.0. The molecule has 0 spiro atoms. The van der Waals surface area contributed by atoms with Crippen molar-refractivity contribution in [1.82, 2.24) is 0 Å². The lowest BCUT2D eigenvalue weighted by Crippen LogP contribution is -2.60. The maximum Gasteiger partial charge on any atom is 0.335 e. The van der Waals surface area contributed by atoms with Gasteiger partial charge in [-0.2, -0.15) is 0 Å². The van der Waals surface area contributed by atoms with Crippen LogP contribution in [0.25, 0.3) is 10.1 Å². The number of aliphatic carboxylic acids is 2. The van der Waals surface area contributed by atoms with Crippen LogP contribution in [0, 0.1) is 11.8 Å². The minimum absolute atomic E-state index is 0.0491. The molecule has 1 aliphatic carbocycles. The molecule has 1 saturated carbocycles. The van der Waals surface area contributed by atoms with Crippen molar-refractivity contribution in [1.29, 1.82) is 0 Å². The quantitative estimate of drug-likeness (QED) is 0.130. The highest BCUT2D eigenvalue weighted by atomic mass is 35.5. The molecule has 3 unspecified atom stereocenters. The number of aryl methyl sites for hydroxylation is 1. The molecule has 11 nitrogen and oxygen atoms in total. The van der Waals surface area contributed by atoms with E-state index in [-0.39, 0.29) is 24.5 Å². The Morgan fingerprint density at radius 2 is 1.84 bits per heavy atom. The third-order valence-corrected chi connectivity index (χ3v) is 9.75. The molecule has 4 rings (SSSR count). The number of Topliss-reactive ketones (excluding diaryl/α,β-unsaturated/α-hetero) is 1. The molecular formula is C31H37ClO11S. The summed E-state index contributed by atoms with van der Waals surface area (Å²) in [6.07, 6.45) is -1.34. The second kappa shape index (κ2) is 15.5. The highest BCUT2D eigenvalue weighted by Crippen LogP contribution is 2.37. The molecule has 2 aliphatic rings. The van der Waals surface area contributed by atoms with Gasteiger partial charge < -0.3 is 40.1 Å². The van der Waals surface area contributed by atoms with E-state index in [1.54, 1.807) is 12.2 Å². The fourth-order valence-corrected chi connectivity index (χ4v) is 7.09. The number of ketones is 1. The highest BCUT2D eigenvalue weighted by Gasteiger charge is 2.48. The first-order valence-corrected chi connectivity index (χ1v) is 15.7. The molecule has 44 heavy (non-hydrogen) atoms. The Hall–Kier alpha value is -2.68. The van der Waals surface area contributed by atoms with Crippen LogP contribution < -0.4 is 0 Å². The predicted molar refractivity (Wildman–Crippen MR) is 161 cm³/mol. The van der Waals surface area contributed by atoms with Crippen LogP contribution in [-0.4, -0.2) is 91.3 Å². The molecule has 240 valence electrons. The summed E-state index contributed by atoms with van der Waals surface area (Å²) in [5.74, 6) is -3.56.